The van der Waals surface area contributed by atoms with E-state index in [1.807, 2.05) is 0 Å². The second-order valence-electron chi connectivity index (χ2n) is 14.1. The van der Waals surface area contributed by atoms with Gasteiger partial charge in [0.2, 0.25) is 0 Å². The molecule has 0 saturated heterocycles. The van der Waals surface area contributed by atoms with Gasteiger partial charge in [0.15, 0.2) is 0 Å². The average Bonchev–Trinajstić information content (AvgIpc) is 3.16. The van der Waals surface area contributed by atoms with Crippen LogP contribution in [0.1, 0.15) is 106 Å². The van der Waals surface area contributed by atoms with E-state index in [0.29, 0.717) is 34.5 Å². The molecule has 3 nitrogen and oxygen atoms in total. The quantitative estimate of drug-likeness (QED) is 0.335. The number of carbonyl (C=O) groups is 1. The second kappa shape index (κ2) is 7.95. The molecule has 0 aromatic heterocycles. The molecule has 0 aromatic carbocycles. The van der Waals surface area contributed by atoms with E-state index < -0.39 is 5.97 Å². The first kappa shape index (κ1) is 24.6. The Kier molecular flexibility index (Phi) is 5.75. The van der Waals surface area contributed by atoms with Gasteiger partial charge in [-0.25, -0.2) is 4.79 Å². The third-order valence-electron chi connectivity index (χ3n) is 12.8. The fourth-order valence-corrected chi connectivity index (χ4v) is 10.8. The first-order valence-corrected chi connectivity index (χ1v) is 14.2. The van der Waals surface area contributed by atoms with E-state index in [0.717, 1.165) is 31.6 Å². The Labute approximate surface area is 207 Å². The number of aliphatic hydroxyl groups excluding tert-OH is 1. The van der Waals surface area contributed by atoms with Gasteiger partial charge in [-0.1, -0.05) is 58.8 Å². The molecule has 0 heterocycles. The number of hydrogen-bond acceptors (Lipinski definition) is 2. The van der Waals surface area contributed by atoms with Crippen molar-refractivity contribution >= 4 is 5.97 Å². The van der Waals surface area contributed by atoms with Crippen LogP contribution in [0.15, 0.2) is 23.3 Å². The lowest BCUT2D eigenvalue weighted by molar-refractivity contribution is -0.209. The Bertz CT molecular complexity index is 916. The van der Waals surface area contributed by atoms with Gasteiger partial charge in [0, 0.05) is 11.5 Å². The highest BCUT2D eigenvalue weighted by Crippen LogP contribution is 2.76. The highest BCUT2D eigenvalue weighted by Gasteiger charge is 2.68. The monoisotopic (exact) mass is 468 g/mol. The second-order valence-corrected chi connectivity index (χ2v) is 14.1. The van der Waals surface area contributed by atoms with Gasteiger partial charge < -0.3 is 10.2 Å². The maximum Gasteiger partial charge on any atom is 0.328 e. The van der Waals surface area contributed by atoms with Gasteiger partial charge in [-0.05, 0) is 110 Å². The fraction of sp³-hybridized carbons (Fsp3) is 0.839. The van der Waals surface area contributed by atoms with E-state index >= 15 is 0 Å². The summed E-state index contributed by atoms with van der Waals surface area (Å²) in [7, 11) is 0. The van der Waals surface area contributed by atoms with Crippen molar-refractivity contribution in [1.82, 2.24) is 0 Å². The zero-order chi connectivity index (χ0) is 24.7. The summed E-state index contributed by atoms with van der Waals surface area (Å²) < 4.78 is 0. The largest absolute Gasteiger partial charge is 0.478 e. The van der Waals surface area contributed by atoms with Crippen LogP contribution in [0.5, 0.6) is 0 Å². The fourth-order valence-electron chi connectivity index (χ4n) is 10.8. The van der Waals surface area contributed by atoms with Gasteiger partial charge in [0.25, 0.3) is 0 Å². The van der Waals surface area contributed by atoms with Gasteiger partial charge in [-0.15, -0.1) is 0 Å². The Morgan fingerprint density at radius 2 is 1.71 bits per heavy atom. The molecule has 0 spiro atoms. The predicted octanol–water partition coefficient (Wildman–Crippen LogP) is 7.40. The van der Waals surface area contributed by atoms with E-state index in [1.54, 1.807) is 11.1 Å². The number of carboxylic acid groups (broad SMARTS) is 1. The molecule has 2 N–H and O–H groups in total. The molecule has 5 aliphatic rings. The summed E-state index contributed by atoms with van der Waals surface area (Å²) >= 11 is 0. The van der Waals surface area contributed by atoms with Crippen LogP contribution in [-0.4, -0.2) is 22.3 Å². The molecule has 5 aliphatic carbocycles. The molecule has 5 rings (SSSR count). The minimum absolute atomic E-state index is 0.0318. The predicted molar refractivity (Wildman–Crippen MR) is 137 cm³/mol. The van der Waals surface area contributed by atoms with Gasteiger partial charge in [-0.2, -0.15) is 0 Å². The van der Waals surface area contributed by atoms with Gasteiger partial charge in [0.05, 0.1) is 6.10 Å². The van der Waals surface area contributed by atoms with E-state index in [4.69, 9.17) is 0 Å². The zero-order valence-corrected chi connectivity index (χ0v) is 22.5. The van der Waals surface area contributed by atoms with Crippen molar-refractivity contribution in [2.24, 2.45) is 51.2 Å². The molecule has 9 atom stereocenters. The van der Waals surface area contributed by atoms with E-state index in [9.17, 15) is 15.0 Å². The lowest BCUT2D eigenvalue weighted by Crippen LogP contribution is -2.64. The lowest BCUT2D eigenvalue weighted by atomic mass is 9.34. The van der Waals surface area contributed by atoms with Crippen molar-refractivity contribution in [3.8, 4) is 0 Å². The normalized spacial score (nSPS) is 50.6. The Balaban J connectivity index is 1.57. The highest BCUT2D eigenvalue weighted by molar-refractivity contribution is 5.80. The first-order valence-electron chi connectivity index (χ1n) is 14.2. The minimum Gasteiger partial charge on any atom is -0.478 e. The molecular formula is C31H48O3. The number of aliphatic hydroxyl groups is 1. The van der Waals surface area contributed by atoms with Crippen LogP contribution in [0.4, 0.5) is 0 Å². The molecule has 0 aromatic rings. The van der Waals surface area contributed by atoms with Gasteiger partial charge in [0.1, 0.15) is 0 Å². The van der Waals surface area contributed by atoms with Crippen molar-refractivity contribution in [2.45, 2.75) is 112 Å². The minimum atomic E-state index is -0.810. The van der Waals surface area contributed by atoms with Crippen molar-refractivity contribution in [2.75, 3.05) is 0 Å². The number of carboxylic acids is 1. The van der Waals surface area contributed by atoms with Crippen LogP contribution >= 0.6 is 0 Å². The number of fused-ring (bicyclic) bond motifs is 7. The molecule has 3 heteroatoms. The highest BCUT2D eigenvalue weighted by atomic mass is 16.4. The summed E-state index contributed by atoms with van der Waals surface area (Å²) in [5.74, 6) is 2.09. The van der Waals surface area contributed by atoms with Crippen molar-refractivity contribution in [3.05, 3.63) is 23.3 Å². The molecule has 1 unspecified atom stereocenters. The van der Waals surface area contributed by atoms with Crippen LogP contribution in [0, 0.1) is 51.2 Å². The van der Waals surface area contributed by atoms with Crippen LogP contribution in [-0.2, 0) is 4.79 Å². The Morgan fingerprint density at radius 3 is 2.38 bits per heavy atom. The third-order valence-corrected chi connectivity index (χ3v) is 12.8. The van der Waals surface area contributed by atoms with Crippen molar-refractivity contribution in [1.29, 1.82) is 0 Å². The van der Waals surface area contributed by atoms with Crippen LogP contribution in [0.2, 0.25) is 0 Å². The summed E-state index contributed by atoms with van der Waals surface area (Å²) in [6, 6.07) is 0. The molecule has 0 aliphatic heterocycles. The standard InChI is InChI=1S/C31H48O3/c1-19(2)21-9-15-31(16-12-26(33)34)18-17-29(5)23(27(21)31)7-8-25-28(4)13-11-24(32)20(3)22(28)10-14-30(25,29)6/h12,16,19-20,22-25,32H,7-11,13-15,17-18H2,1-6H3,(H,33,34)/b16-12+/t20?,22-,23+,24-,25+,28-,29+,30+,31-/m0/s1. The Morgan fingerprint density at radius 1 is 0.971 bits per heavy atom. The topological polar surface area (TPSA) is 57.5 Å². The maximum absolute atomic E-state index is 11.5. The van der Waals surface area contributed by atoms with Gasteiger partial charge in [-0.3, -0.25) is 0 Å². The molecule has 0 amide bonds. The van der Waals surface area contributed by atoms with Gasteiger partial charge >= 0.3 is 5.97 Å². The zero-order valence-electron chi connectivity index (χ0n) is 22.5. The van der Waals surface area contributed by atoms with Crippen molar-refractivity contribution in [3.63, 3.8) is 0 Å². The van der Waals surface area contributed by atoms with E-state index in [-0.39, 0.29) is 16.9 Å². The lowest BCUT2D eigenvalue weighted by Gasteiger charge is -2.71. The smallest absolute Gasteiger partial charge is 0.328 e. The first-order chi connectivity index (χ1) is 15.9. The van der Waals surface area contributed by atoms with Crippen LogP contribution in [0.3, 0.4) is 0 Å². The summed E-state index contributed by atoms with van der Waals surface area (Å²) in [4.78, 5) is 11.5. The maximum atomic E-state index is 11.5. The number of aliphatic carboxylic acids is 1. The summed E-state index contributed by atoms with van der Waals surface area (Å²) in [5, 5.41) is 20.1. The number of allylic oxidation sites excluding steroid dienone is 3. The SMILES string of the molecule is CC(C)C1=C2[C@H]3CC[C@@H]4[C@@]5(C)CC[C@H](O)C(C)[C@@H]5CC[C@@]4(C)[C@]3(C)CC[C@@]2(/C=C/C(=O)O)CC1. The van der Waals surface area contributed by atoms with E-state index in [1.165, 1.54) is 44.6 Å². The summed E-state index contributed by atoms with van der Waals surface area (Å²) in [6.45, 7) is 14.9. The summed E-state index contributed by atoms with van der Waals surface area (Å²) in [6.07, 6.45) is 15.2. The van der Waals surface area contributed by atoms with Crippen molar-refractivity contribution < 1.29 is 15.0 Å². The molecule has 4 fully saturated rings. The molecule has 0 bridgehead atoms. The molecule has 34 heavy (non-hydrogen) atoms. The molecule has 190 valence electrons. The van der Waals surface area contributed by atoms with E-state index in [2.05, 4.69) is 47.6 Å². The number of rotatable bonds is 3. The Hall–Kier alpha value is -1.09. The molecule has 0 radical (unpaired) electrons. The number of hydrogen-bond donors (Lipinski definition) is 2. The molecular weight excluding hydrogens is 420 g/mol. The van der Waals surface area contributed by atoms with Crippen LogP contribution < -0.4 is 0 Å². The summed E-state index contributed by atoms with van der Waals surface area (Å²) in [5.41, 5.74) is 4.18. The third kappa shape index (κ3) is 3.14. The van der Waals surface area contributed by atoms with Crippen LogP contribution in [0.25, 0.3) is 0 Å². The molecule has 4 saturated carbocycles. The average molecular weight is 469 g/mol.